The van der Waals surface area contributed by atoms with Crippen LogP contribution in [0.3, 0.4) is 0 Å². The molecular formula is C23H30N4O4. The van der Waals surface area contributed by atoms with E-state index in [0.29, 0.717) is 30.2 Å². The third kappa shape index (κ3) is 7.52. The van der Waals surface area contributed by atoms with E-state index in [2.05, 4.69) is 10.1 Å². The van der Waals surface area contributed by atoms with Gasteiger partial charge in [-0.15, -0.1) is 0 Å². The molecule has 0 aliphatic rings. The van der Waals surface area contributed by atoms with Gasteiger partial charge in [0.1, 0.15) is 0 Å². The summed E-state index contributed by atoms with van der Waals surface area (Å²) in [4.78, 5) is 30.6. The van der Waals surface area contributed by atoms with E-state index in [1.54, 1.807) is 0 Å². The first-order valence-corrected chi connectivity index (χ1v) is 10.3. The molecule has 1 aromatic carbocycles. The summed E-state index contributed by atoms with van der Waals surface area (Å²) in [5, 5.41) is 12.9. The van der Waals surface area contributed by atoms with Gasteiger partial charge in [-0.05, 0) is 43.5 Å². The Bertz CT molecular complexity index is 933. The third-order valence-corrected chi connectivity index (χ3v) is 4.53. The number of hydrogen-bond acceptors (Lipinski definition) is 7. The Labute approximate surface area is 183 Å². The van der Waals surface area contributed by atoms with E-state index in [9.17, 15) is 9.59 Å². The smallest absolute Gasteiger partial charge is 0.306 e. The van der Waals surface area contributed by atoms with E-state index in [1.165, 1.54) is 4.90 Å². The zero-order valence-corrected chi connectivity index (χ0v) is 18.9. The van der Waals surface area contributed by atoms with Crippen molar-refractivity contribution in [3.8, 4) is 6.07 Å². The van der Waals surface area contributed by atoms with Crippen LogP contribution >= 0.6 is 0 Å². The lowest BCUT2D eigenvalue weighted by molar-refractivity contribution is -0.147. The fourth-order valence-electron chi connectivity index (χ4n) is 3.00. The molecule has 2 rings (SSSR count). The molecule has 0 N–H and O–H groups in total. The van der Waals surface area contributed by atoms with E-state index in [-0.39, 0.29) is 37.3 Å². The topological polar surface area (TPSA) is 109 Å². The molecule has 0 saturated heterocycles. The summed E-state index contributed by atoms with van der Waals surface area (Å²) in [5.74, 6) is 0.274. The average Bonchev–Trinajstić information content (AvgIpc) is 3.15. The monoisotopic (exact) mass is 426 g/mol. The number of aryl methyl sites for hydroxylation is 3. The van der Waals surface area contributed by atoms with E-state index in [4.69, 9.17) is 14.5 Å². The number of carbonyl (C=O) groups is 2. The zero-order chi connectivity index (χ0) is 23.0. The molecule has 1 aromatic heterocycles. The average molecular weight is 427 g/mol. The highest BCUT2D eigenvalue weighted by Crippen LogP contribution is 2.20. The van der Waals surface area contributed by atoms with Gasteiger partial charge in [-0.2, -0.15) is 10.2 Å². The molecule has 0 fully saturated rings. The van der Waals surface area contributed by atoms with Gasteiger partial charge in [-0.25, -0.2) is 0 Å². The number of rotatable bonds is 9. The van der Waals surface area contributed by atoms with Crippen molar-refractivity contribution in [3.05, 3.63) is 41.0 Å². The SMILES string of the molecule is Cc1cc(C)cc(N(CCC#N)C(=O)COC(=O)CCCc2nc(C(C)(C)C)no2)c1. The largest absolute Gasteiger partial charge is 0.456 e. The number of esters is 1. The molecule has 8 nitrogen and oxygen atoms in total. The Hall–Kier alpha value is -3.21. The molecule has 0 radical (unpaired) electrons. The molecule has 0 spiro atoms. The van der Waals surface area contributed by atoms with Gasteiger partial charge in [-0.3, -0.25) is 9.59 Å². The van der Waals surface area contributed by atoms with Gasteiger partial charge in [0, 0.05) is 30.5 Å². The molecule has 0 unspecified atom stereocenters. The first-order chi connectivity index (χ1) is 14.6. The van der Waals surface area contributed by atoms with Crippen molar-refractivity contribution in [2.24, 2.45) is 0 Å². The number of carbonyl (C=O) groups excluding carboxylic acids is 2. The molecule has 31 heavy (non-hydrogen) atoms. The Balaban J connectivity index is 1.86. The molecule has 0 aliphatic carbocycles. The second-order valence-electron chi connectivity index (χ2n) is 8.58. The number of nitriles is 1. The maximum atomic E-state index is 12.7. The number of aromatic nitrogens is 2. The lowest BCUT2D eigenvalue weighted by Gasteiger charge is -2.22. The summed E-state index contributed by atoms with van der Waals surface area (Å²) < 4.78 is 10.4. The summed E-state index contributed by atoms with van der Waals surface area (Å²) in [6.07, 6.45) is 1.27. The van der Waals surface area contributed by atoms with Crippen molar-refractivity contribution in [2.75, 3.05) is 18.1 Å². The van der Waals surface area contributed by atoms with Crippen LogP contribution < -0.4 is 4.90 Å². The van der Waals surface area contributed by atoms with Crippen LogP contribution in [0.25, 0.3) is 0 Å². The molecule has 0 aliphatic heterocycles. The van der Waals surface area contributed by atoms with Crippen molar-refractivity contribution >= 4 is 17.6 Å². The van der Waals surface area contributed by atoms with Gasteiger partial charge >= 0.3 is 5.97 Å². The standard InChI is InChI=1S/C23H30N4O4/c1-16-12-17(2)14-18(13-16)27(11-7-10-24)20(28)15-30-21(29)9-6-8-19-25-22(26-31-19)23(3,4)5/h12-14H,6-9,11,15H2,1-5H3. The number of benzene rings is 1. The Morgan fingerprint density at radius 3 is 2.45 bits per heavy atom. The summed E-state index contributed by atoms with van der Waals surface area (Å²) in [6, 6.07) is 7.80. The van der Waals surface area contributed by atoms with Gasteiger partial charge in [0.2, 0.25) is 5.89 Å². The highest BCUT2D eigenvalue weighted by Gasteiger charge is 2.21. The van der Waals surface area contributed by atoms with Crippen LogP contribution in [0.5, 0.6) is 0 Å². The normalized spacial score (nSPS) is 11.1. The predicted octanol–water partition coefficient (Wildman–Crippen LogP) is 3.80. The highest BCUT2D eigenvalue weighted by molar-refractivity contribution is 5.95. The third-order valence-electron chi connectivity index (χ3n) is 4.53. The highest BCUT2D eigenvalue weighted by atomic mass is 16.5. The molecule has 2 aromatic rings. The van der Waals surface area contributed by atoms with E-state index < -0.39 is 5.97 Å². The van der Waals surface area contributed by atoms with Gasteiger partial charge in [0.05, 0.1) is 12.5 Å². The Morgan fingerprint density at radius 2 is 1.87 bits per heavy atom. The van der Waals surface area contributed by atoms with Gasteiger partial charge in [0.15, 0.2) is 12.4 Å². The lowest BCUT2D eigenvalue weighted by Crippen LogP contribution is -2.35. The van der Waals surface area contributed by atoms with Crippen LogP contribution in [-0.2, 0) is 26.2 Å². The lowest BCUT2D eigenvalue weighted by atomic mass is 9.96. The number of amides is 1. The Morgan fingerprint density at radius 1 is 1.19 bits per heavy atom. The first-order valence-electron chi connectivity index (χ1n) is 10.3. The van der Waals surface area contributed by atoms with Crippen LogP contribution in [-0.4, -0.2) is 35.2 Å². The summed E-state index contributed by atoms with van der Waals surface area (Å²) in [6.45, 7) is 9.74. The molecule has 0 atom stereocenters. The quantitative estimate of drug-likeness (QED) is 0.561. The van der Waals surface area contributed by atoms with Crippen molar-refractivity contribution in [3.63, 3.8) is 0 Å². The second-order valence-corrected chi connectivity index (χ2v) is 8.58. The first kappa shape index (κ1) is 24.1. The molecule has 8 heteroatoms. The van der Waals surface area contributed by atoms with Crippen molar-refractivity contribution in [2.45, 2.75) is 65.7 Å². The van der Waals surface area contributed by atoms with Crippen molar-refractivity contribution in [1.29, 1.82) is 5.26 Å². The van der Waals surface area contributed by atoms with Crippen LogP contribution in [0.15, 0.2) is 22.7 Å². The van der Waals surface area contributed by atoms with Gasteiger partial charge < -0.3 is 14.2 Å². The minimum atomic E-state index is -0.468. The van der Waals surface area contributed by atoms with E-state index in [0.717, 1.165) is 11.1 Å². The molecular weight excluding hydrogens is 396 g/mol. The molecule has 0 bridgehead atoms. The van der Waals surface area contributed by atoms with Crippen LogP contribution in [0, 0.1) is 25.2 Å². The number of ether oxygens (including phenoxy) is 1. The number of hydrogen-bond donors (Lipinski definition) is 0. The number of nitrogens with zero attached hydrogens (tertiary/aromatic N) is 4. The van der Waals surface area contributed by atoms with Crippen molar-refractivity contribution < 1.29 is 18.8 Å². The minimum absolute atomic E-state index is 0.141. The summed E-state index contributed by atoms with van der Waals surface area (Å²) in [7, 11) is 0. The Kier molecular flexibility index (Phi) is 8.31. The van der Waals surface area contributed by atoms with Crippen LogP contribution in [0.1, 0.15) is 62.9 Å². The summed E-state index contributed by atoms with van der Waals surface area (Å²) in [5.41, 5.74) is 2.52. The molecule has 166 valence electrons. The van der Waals surface area contributed by atoms with Gasteiger partial charge in [-0.1, -0.05) is 32.0 Å². The second kappa shape index (κ2) is 10.7. The molecule has 1 heterocycles. The fraction of sp³-hybridized carbons (Fsp3) is 0.522. The van der Waals surface area contributed by atoms with Crippen LogP contribution in [0.4, 0.5) is 5.69 Å². The zero-order valence-electron chi connectivity index (χ0n) is 18.9. The minimum Gasteiger partial charge on any atom is -0.456 e. The van der Waals surface area contributed by atoms with Gasteiger partial charge in [0.25, 0.3) is 5.91 Å². The molecule has 0 saturated carbocycles. The van der Waals surface area contributed by atoms with Crippen molar-refractivity contribution in [1.82, 2.24) is 10.1 Å². The van der Waals surface area contributed by atoms with E-state index in [1.807, 2.05) is 58.9 Å². The predicted molar refractivity (Wildman–Crippen MR) is 115 cm³/mol. The van der Waals surface area contributed by atoms with E-state index >= 15 is 0 Å². The number of anilines is 1. The molecule has 1 amide bonds. The maximum Gasteiger partial charge on any atom is 0.306 e. The summed E-state index contributed by atoms with van der Waals surface area (Å²) >= 11 is 0. The maximum absolute atomic E-state index is 12.7. The fourth-order valence-corrected chi connectivity index (χ4v) is 3.00. The van der Waals surface area contributed by atoms with Crippen LogP contribution in [0.2, 0.25) is 0 Å².